The number of nitrogens with one attached hydrogen (secondary N) is 1. The lowest BCUT2D eigenvalue weighted by Crippen LogP contribution is -2.43. The maximum atomic E-state index is 12.3. The molecule has 1 heterocycles. The molecule has 0 aromatic heterocycles. The molecule has 3 rings (SSSR count). The second kappa shape index (κ2) is 11.0. The zero-order valence-corrected chi connectivity index (χ0v) is 18.8. The Balaban J connectivity index is 1.67. The molecule has 1 aliphatic heterocycles. The molecule has 11 heteroatoms. The molecule has 2 aromatic rings. The van der Waals surface area contributed by atoms with Crippen molar-refractivity contribution in [1.82, 2.24) is 5.32 Å². The van der Waals surface area contributed by atoms with Gasteiger partial charge in [0.1, 0.15) is 24.6 Å². The van der Waals surface area contributed by atoms with E-state index in [2.05, 4.69) is 5.32 Å². The molecule has 2 aromatic carbocycles. The Hall–Kier alpha value is -2.37. The third kappa shape index (κ3) is 7.35. The lowest BCUT2D eigenvalue weighted by atomic mass is 10.0. The van der Waals surface area contributed by atoms with Gasteiger partial charge in [0.15, 0.2) is 0 Å². The van der Waals surface area contributed by atoms with Crippen LogP contribution in [0.4, 0.5) is 4.79 Å². The van der Waals surface area contributed by atoms with Crippen molar-refractivity contribution in [3.05, 3.63) is 64.7 Å². The predicted octanol–water partition coefficient (Wildman–Crippen LogP) is 2.42. The van der Waals surface area contributed by atoms with Crippen LogP contribution in [0.25, 0.3) is 0 Å². The minimum Gasteiger partial charge on any atom is -0.484 e. The Bertz CT molecular complexity index is 1010. The molecule has 0 radical (unpaired) electrons. The van der Waals surface area contributed by atoms with Gasteiger partial charge in [-0.3, -0.25) is 4.18 Å². The van der Waals surface area contributed by atoms with Crippen LogP contribution in [0.3, 0.4) is 0 Å². The lowest BCUT2D eigenvalue weighted by molar-refractivity contribution is -0.0796. The summed E-state index contributed by atoms with van der Waals surface area (Å²) in [5.74, 6) is 0.426. The van der Waals surface area contributed by atoms with Crippen LogP contribution in [0.15, 0.2) is 48.5 Å². The highest BCUT2D eigenvalue weighted by atomic mass is 35.5. The van der Waals surface area contributed by atoms with Gasteiger partial charge in [-0.15, -0.1) is 0 Å². The van der Waals surface area contributed by atoms with Crippen LogP contribution in [0.5, 0.6) is 5.75 Å². The number of alkyl carbamates (subject to hydrolysis) is 1. The number of aliphatic hydroxyl groups excluding tert-OH is 1. The van der Waals surface area contributed by atoms with Gasteiger partial charge >= 0.3 is 6.09 Å². The Kier molecular flexibility index (Phi) is 8.32. The Morgan fingerprint density at radius 3 is 2.56 bits per heavy atom. The van der Waals surface area contributed by atoms with Crippen molar-refractivity contribution in [3.8, 4) is 5.75 Å². The van der Waals surface area contributed by atoms with Gasteiger partial charge in [0.25, 0.3) is 10.1 Å². The van der Waals surface area contributed by atoms with E-state index in [0.29, 0.717) is 24.5 Å². The highest BCUT2D eigenvalue weighted by molar-refractivity contribution is 7.85. The van der Waals surface area contributed by atoms with Crippen molar-refractivity contribution in [2.75, 3.05) is 26.1 Å². The number of halogens is 1. The maximum Gasteiger partial charge on any atom is 0.407 e. The number of amides is 1. The van der Waals surface area contributed by atoms with Crippen LogP contribution < -0.4 is 10.1 Å². The first-order chi connectivity index (χ1) is 15.2. The van der Waals surface area contributed by atoms with Gasteiger partial charge in [0, 0.05) is 0 Å². The minimum absolute atomic E-state index is 0.00513. The van der Waals surface area contributed by atoms with E-state index in [0.717, 1.165) is 11.8 Å². The van der Waals surface area contributed by atoms with Crippen molar-refractivity contribution in [3.63, 3.8) is 0 Å². The first kappa shape index (κ1) is 24.3. The number of benzene rings is 2. The molecule has 174 valence electrons. The maximum absolute atomic E-state index is 12.3. The van der Waals surface area contributed by atoms with Gasteiger partial charge < -0.3 is 24.6 Å². The topological polar surface area (TPSA) is 120 Å². The quantitative estimate of drug-likeness (QED) is 0.492. The fourth-order valence-corrected chi connectivity index (χ4v) is 3.44. The fourth-order valence-electron chi connectivity index (χ4n) is 2.82. The summed E-state index contributed by atoms with van der Waals surface area (Å²) in [6, 6.07) is 12.5. The number of rotatable bonds is 10. The van der Waals surface area contributed by atoms with Crippen LogP contribution in [-0.4, -0.2) is 57.8 Å². The van der Waals surface area contributed by atoms with Crippen molar-refractivity contribution in [2.24, 2.45) is 0 Å². The summed E-state index contributed by atoms with van der Waals surface area (Å²) < 4.78 is 43.5. The number of ether oxygens (including phenoxy) is 3. The second-order valence-electron chi connectivity index (χ2n) is 7.21. The summed E-state index contributed by atoms with van der Waals surface area (Å²) in [6.45, 7) is 0.447. The van der Waals surface area contributed by atoms with Gasteiger partial charge in [-0.05, 0) is 23.3 Å². The highest BCUT2D eigenvalue weighted by Crippen LogP contribution is 2.30. The summed E-state index contributed by atoms with van der Waals surface area (Å²) in [4.78, 5) is 12.3. The molecule has 0 aliphatic carbocycles. The monoisotopic (exact) mass is 485 g/mol. The zero-order chi connectivity index (χ0) is 23.1. The number of hydrogen-bond acceptors (Lipinski definition) is 8. The molecule has 0 bridgehead atoms. The zero-order valence-electron chi connectivity index (χ0n) is 17.3. The van der Waals surface area contributed by atoms with E-state index in [1.165, 1.54) is 6.07 Å². The third-order valence-electron chi connectivity index (χ3n) is 4.56. The van der Waals surface area contributed by atoms with Gasteiger partial charge in [-0.25, -0.2) is 4.79 Å². The molecular formula is C21H24ClNO8S. The summed E-state index contributed by atoms with van der Waals surface area (Å²) in [6.07, 6.45) is -1.39. The first-order valence-corrected chi connectivity index (χ1v) is 11.9. The Labute approximate surface area is 191 Å². The van der Waals surface area contributed by atoms with Crippen LogP contribution >= 0.6 is 11.6 Å². The van der Waals surface area contributed by atoms with Crippen molar-refractivity contribution >= 4 is 27.8 Å². The Morgan fingerprint density at radius 1 is 1.25 bits per heavy atom. The van der Waals surface area contributed by atoms with Crippen molar-refractivity contribution in [2.45, 2.75) is 24.9 Å². The molecule has 0 spiro atoms. The van der Waals surface area contributed by atoms with Crippen LogP contribution in [0.2, 0.25) is 5.02 Å². The molecule has 2 atom stereocenters. The summed E-state index contributed by atoms with van der Waals surface area (Å²) in [7, 11) is -3.81. The van der Waals surface area contributed by atoms with E-state index in [-0.39, 0.29) is 17.7 Å². The second-order valence-corrected chi connectivity index (χ2v) is 9.26. The SMILES string of the molecule is CS(=O)(=O)OC[C@@H](NC(=O)OCc1ccccc1)[C@H](O)c1ccc(OC2COC2)c(Cl)c1. The molecule has 9 nitrogen and oxygen atoms in total. The van der Waals surface area contributed by atoms with E-state index in [1.807, 2.05) is 6.07 Å². The smallest absolute Gasteiger partial charge is 0.407 e. The standard InChI is InChI=1S/C21H24ClNO8S/c1-32(26,27)30-13-18(23-21(25)29-10-14-5-3-2-4-6-14)20(24)15-7-8-19(17(22)9-15)31-16-11-28-12-16/h2-9,16,18,20,24H,10-13H2,1H3,(H,23,25)/t18-,20-/m1/s1. The van der Waals surface area contributed by atoms with Gasteiger partial charge in [0.05, 0.1) is 37.1 Å². The van der Waals surface area contributed by atoms with E-state index in [4.69, 9.17) is 30.0 Å². The molecule has 32 heavy (non-hydrogen) atoms. The number of carbonyl (C=O) groups is 1. The molecule has 1 saturated heterocycles. The average molecular weight is 486 g/mol. The van der Waals surface area contributed by atoms with Crippen molar-refractivity contribution < 1.29 is 36.7 Å². The molecule has 0 unspecified atom stereocenters. The van der Waals surface area contributed by atoms with Crippen LogP contribution in [0.1, 0.15) is 17.2 Å². The summed E-state index contributed by atoms with van der Waals surface area (Å²) in [5, 5.41) is 13.5. The van der Waals surface area contributed by atoms with Crippen molar-refractivity contribution in [1.29, 1.82) is 0 Å². The molecular weight excluding hydrogens is 462 g/mol. The predicted molar refractivity (Wildman–Crippen MR) is 116 cm³/mol. The van der Waals surface area contributed by atoms with E-state index in [1.54, 1.807) is 36.4 Å². The molecule has 0 saturated carbocycles. The largest absolute Gasteiger partial charge is 0.484 e. The summed E-state index contributed by atoms with van der Waals surface area (Å²) >= 11 is 6.26. The van der Waals surface area contributed by atoms with Crippen LogP contribution in [0, 0.1) is 0 Å². The van der Waals surface area contributed by atoms with E-state index >= 15 is 0 Å². The Morgan fingerprint density at radius 2 is 1.97 bits per heavy atom. The van der Waals surface area contributed by atoms with Gasteiger partial charge in [0.2, 0.25) is 0 Å². The first-order valence-electron chi connectivity index (χ1n) is 9.75. The van der Waals surface area contributed by atoms with E-state index < -0.39 is 35.0 Å². The average Bonchev–Trinajstić information content (AvgIpc) is 2.72. The minimum atomic E-state index is -3.81. The number of hydrogen-bond donors (Lipinski definition) is 2. The molecule has 2 N–H and O–H groups in total. The third-order valence-corrected chi connectivity index (χ3v) is 5.42. The lowest BCUT2D eigenvalue weighted by Gasteiger charge is -2.28. The number of carbonyl (C=O) groups excluding carboxylic acids is 1. The molecule has 1 amide bonds. The fraction of sp³-hybridized carbons (Fsp3) is 0.381. The molecule has 1 fully saturated rings. The van der Waals surface area contributed by atoms with Gasteiger partial charge in [-0.2, -0.15) is 8.42 Å². The summed E-state index contributed by atoms with van der Waals surface area (Å²) in [5.41, 5.74) is 1.10. The van der Waals surface area contributed by atoms with Crippen LogP contribution in [-0.2, 0) is 30.4 Å². The number of aliphatic hydroxyl groups is 1. The normalized spacial score (nSPS) is 16.0. The van der Waals surface area contributed by atoms with E-state index in [9.17, 15) is 18.3 Å². The van der Waals surface area contributed by atoms with Gasteiger partial charge in [-0.1, -0.05) is 48.0 Å². The highest BCUT2D eigenvalue weighted by Gasteiger charge is 2.27. The molecule has 1 aliphatic rings.